The summed E-state index contributed by atoms with van der Waals surface area (Å²) in [5.74, 6) is -0.0878. The molecule has 0 heterocycles. The third kappa shape index (κ3) is 4.83. The Kier molecular flexibility index (Phi) is 6.59. The van der Waals surface area contributed by atoms with E-state index in [-0.39, 0.29) is 17.1 Å². The van der Waals surface area contributed by atoms with Crippen LogP contribution in [0.4, 0.5) is 0 Å². The Morgan fingerprint density at radius 1 is 1.35 bits per heavy atom. The Morgan fingerprint density at radius 2 is 1.82 bits per heavy atom. The van der Waals surface area contributed by atoms with Crippen LogP contribution in [0.1, 0.15) is 34.6 Å². The molecule has 0 aromatic rings. The van der Waals surface area contributed by atoms with Gasteiger partial charge in [0.25, 0.3) is 0 Å². The largest absolute Gasteiger partial charge is 0.410 e. The van der Waals surface area contributed by atoms with Crippen LogP contribution in [0.5, 0.6) is 0 Å². The zero-order valence-corrected chi connectivity index (χ0v) is 15.2. The SMILES string of the molecule is C/C(=C\I)[C@@H](O[Si](C)(C)C(C)(C)C)[C@@H](C)C=O. The van der Waals surface area contributed by atoms with Gasteiger partial charge in [0.15, 0.2) is 8.32 Å². The third-order valence-corrected chi connectivity index (χ3v) is 8.98. The van der Waals surface area contributed by atoms with Crippen LogP contribution in [0, 0.1) is 5.92 Å². The highest BCUT2D eigenvalue weighted by Gasteiger charge is 2.40. The van der Waals surface area contributed by atoms with Crippen LogP contribution in [0.25, 0.3) is 0 Å². The number of hydrogen-bond acceptors (Lipinski definition) is 2. The van der Waals surface area contributed by atoms with Gasteiger partial charge in [-0.3, -0.25) is 0 Å². The van der Waals surface area contributed by atoms with Gasteiger partial charge in [0, 0.05) is 5.92 Å². The van der Waals surface area contributed by atoms with E-state index in [9.17, 15) is 4.79 Å². The Bertz CT molecular complexity index is 292. The molecule has 0 spiro atoms. The van der Waals surface area contributed by atoms with E-state index < -0.39 is 8.32 Å². The minimum Gasteiger partial charge on any atom is -0.410 e. The van der Waals surface area contributed by atoms with Gasteiger partial charge in [-0.25, -0.2) is 0 Å². The summed E-state index contributed by atoms with van der Waals surface area (Å²) in [7, 11) is -1.83. The van der Waals surface area contributed by atoms with Crippen molar-refractivity contribution in [2.45, 2.75) is 58.9 Å². The molecule has 0 N–H and O–H groups in total. The predicted molar refractivity (Wildman–Crippen MR) is 85.1 cm³/mol. The summed E-state index contributed by atoms with van der Waals surface area (Å²) in [6, 6.07) is 0. The van der Waals surface area contributed by atoms with Gasteiger partial charge in [0.2, 0.25) is 0 Å². The highest BCUT2D eigenvalue weighted by atomic mass is 127. The molecule has 0 aromatic heterocycles. The first-order valence-electron chi connectivity index (χ1n) is 5.97. The fourth-order valence-corrected chi connectivity index (χ4v) is 2.99. The number of carbonyl (C=O) groups excluding carboxylic acids is 1. The van der Waals surface area contributed by atoms with Gasteiger partial charge in [0.1, 0.15) is 6.29 Å². The lowest BCUT2D eigenvalue weighted by atomic mass is 10.0. The summed E-state index contributed by atoms with van der Waals surface area (Å²) in [5.41, 5.74) is 1.13. The minimum atomic E-state index is -1.83. The van der Waals surface area contributed by atoms with E-state index in [4.69, 9.17) is 4.43 Å². The van der Waals surface area contributed by atoms with E-state index in [2.05, 4.69) is 56.5 Å². The van der Waals surface area contributed by atoms with Gasteiger partial charge >= 0.3 is 0 Å². The van der Waals surface area contributed by atoms with E-state index in [0.717, 1.165) is 11.9 Å². The van der Waals surface area contributed by atoms with Crippen molar-refractivity contribution in [2.75, 3.05) is 0 Å². The van der Waals surface area contributed by atoms with Crippen molar-refractivity contribution in [1.29, 1.82) is 0 Å². The van der Waals surface area contributed by atoms with Crippen molar-refractivity contribution >= 4 is 37.2 Å². The minimum absolute atomic E-state index is 0.0784. The van der Waals surface area contributed by atoms with Crippen molar-refractivity contribution in [3.8, 4) is 0 Å². The average molecular weight is 368 g/mol. The quantitative estimate of drug-likeness (QED) is 0.404. The van der Waals surface area contributed by atoms with Crippen molar-refractivity contribution in [3.63, 3.8) is 0 Å². The molecule has 0 aliphatic carbocycles. The van der Waals surface area contributed by atoms with Crippen LogP contribution in [0.15, 0.2) is 9.66 Å². The molecule has 0 saturated heterocycles. The average Bonchev–Trinajstić information content (AvgIpc) is 2.22. The second-order valence-electron chi connectivity index (χ2n) is 6.15. The number of hydrogen-bond donors (Lipinski definition) is 0. The monoisotopic (exact) mass is 368 g/mol. The molecule has 0 bridgehead atoms. The molecule has 17 heavy (non-hydrogen) atoms. The topological polar surface area (TPSA) is 26.3 Å². The summed E-state index contributed by atoms with van der Waals surface area (Å²) < 4.78 is 8.35. The first-order valence-corrected chi connectivity index (χ1v) is 10.1. The Labute approximate surface area is 120 Å². The molecular formula is C13H25IO2Si. The lowest BCUT2D eigenvalue weighted by molar-refractivity contribution is -0.112. The lowest BCUT2D eigenvalue weighted by Gasteiger charge is -2.40. The van der Waals surface area contributed by atoms with Gasteiger partial charge in [-0.05, 0) is 34.7 Å². The zero-order chi connectivity index (χ0) is 13.9. The number of carbonyl (C=O) groups is 1. The first kappa shape index (κ1) is 17.3. The van der Waals surface area contributed by atoms with Gasteiger partial charge in [-0.1, -0.05) is 50.3 Å². The standard InChI is InChI=1S/C13H25IO2Si/c1-10(8-14)12(11(2)9-15)16-17(6,7)13(3,4)5/h8-9,11-12H,1-7H3/b10-8+/t11-,12+/m0/s1. The van der Waals surface area contributed by atoms with Gasteiger partial charge in [-0.2, -0.15) is 0 Å². The highest BCUT2D eigenvalue weighted by Crippen LogP contribution is 2.38. The molecule has 4 heteroatoms. The Hall–Kier alpha value is 0.317. The van der Waals surface area contributed by atoms with Crippen molar-refractivity contribution in [2.24, 2.45) is 5.92 Å². The normalized spacial score (nSPS) is 17.8. The van der Waals surface area contributed by atoms with Crippen LogP contribution in [-0.4, -0.2) is 20.7 Å². The Balaban J connectivity index is 5.07. The second-order valence-corrected chi connectivity index (χ2v) is 11.5. The molecule has 0 aliphatic heterocycles. The number of rotatable bonds is 5. The smallest absolute Gasteiger partial charge is 0.192 e. The summed E-state index contributed by atoms with van der Waals surface area (Å²) >= 11 is 2.21. The van der Waals surface area contributed by atoms with E-state index in [1.54, 1.807) is 0 Å². The molecule has 0 amide bonds. The molecule has 2 nitrogen and oxygen atoms in total. The van der Waals surface area contributed by atoms with Crippen LogP contribution in [0.2, 0.25) is 18.1 Å². The molecule has 100 valence electrons. The molecule has 0 unspecified atom stereocenters. The first-order chi connectivity index (χ1) is 7.56. The third-order valence-electron chi connectivity index (χ3n) is 3.54. The van der Waals surface area contributed by atoms with Gasteiger partial charge in [-0.15, -0.1) is 0 Å². The molecule has 0 aliphatic rings. The maximum atomic E-state index is 11.0. The van der Waals surface area contributed by atoms with Crippen LogP contribution in [-0.2, 0) is 9.22 Å². The Morgan fingerprint density at radius 3 is 2.12 bits per heavy atom. The summed E-state index contributed by atoms with van der Waals surface area (Å²) in [6.07, 6.45) is 0.909. The highest BCUT2D eigenvalue weighted by molar-refractivity contribution is 14.1. The van der Waals surface area contributed by atoms with Crippen molar-refractivity contribution < 1.29 is 9.22 Å². The predicted octanol–water partition coefficient (Wildman–Crippen LogP) is 4.55. The molecule has 0 fully saturated rings. The fraction of sp³-hybridized carbons (Fsp3) is 0.769. The van der Waals surface area contributed by atoms with Crippen molar-refractivity contribution in [1.82, 2.24) is 0 Å². The van der Waals surface area contributed by atoms with Gasteiger partial charge in [0.05, 0.1) is 6.10 Å². The summed E-state index contributed by atoms with van der Waals surface area (Å²) in [4.78, 5) is 11.0. The van der Waals surface area contributed by atoms with E-state index in [1.807, 2.05) is 17.9 Å². The molecule has 0 rings (SSSR count). The fourth-order valence-electron chi connectivity index (χ4n) is 1.24. The molecule has 0 aromatic carbocycles. The van der Waals surface area contributed by atoms with E-state index in [1.165, 1.54) is 0 Å². The number of aldehydes is 1. The summed E-state index contributed by atoms with van der Waals surface area (Å²) in [6.45, 7) is 15.0. The molecule has 0 saturated carbocycles. The van der Waals surface area contributed by atoms with Crippen LogP contribution >= 0.6 is 22.6 Å². The maximum absolute atomic E-state index is 11.0. The number of halogens is 1. The molecular weight excluding hydrogens is 343 g/mol. The zero-order valence-electron chi connectivity index (χ0n) is 12.0. The molecule has 0 radical (unpaired) electrons. The van der Waals surface area contributed by atoms with E-state index in [0.29, 0.717) is 0 Å². The van der Waals surface area contributed by atoms with Crippen molar-refractivity contribution in [3.05, 3.63) is 9.66 Å². The maximum Gasteiger partial charge on any atom is 0.192 e. The lowest BCUT2D eigenvalue weighted by Crippen LogP contribution is -2.46. The van der Waals surface area contributed by atoms with Crippen LogP contribution < -0.4 is 0 Å². The van der Waals surface area contributed by atoms with E-state index >= 15 is 0 Å². The molecule has 2 atom stereocenters. The summed E-state index contributed by atoms with van der Waals surface area (Å²) in [5, 5.41) is 0.166. The second kappa shape index (κ2) is 6.47. The van der Waals surface area contributed by atoms with Crippen LogP contribution in [0.3, 0.4) is 0 Å². The van der Waals surface area contributed by atoms with Gasteiger partial charge < -0.3 is 9.22 Å².